The van der Waals surface area contributed by atoms with Gasteiger partial charge < -0.3 is 4.90 Å². The molecule has 1 fully saturated rings. The van der Waals surface area contributed by atoms with Gasteiger partial charge in [-0.2, -0.15) is 0 Å². The first-order valence-corrected chi connectivity index (χ1v) is 15.2. The predicted octanol–water partition coefficient (Wildman–Crippen LogP) is 5.03. The summed E-state index contributed by atoms with van der Waals surface area (Å²) < 4.78 is 22.9. The van der Waals surface area contributed by atoms with Crippen LogP contribution < -0.4 is 0 Å². The van der Waals surface area contributed by atoms with E-state index in [2.05, 4.69) is 18.7 Å². The van der Waals surface area contributed by atoms with Gasteiger partial charge in [0.05, 0.1) is 5.75 Å². The summed E-state index contributed by atoms with van der Waals surface area (Å²) in [4.78, 5) is 25.1. The number of aliphatic imine (C=N–C) groups is 1. The van der Waals surface area contributed by atoms with Gasteiger partial charge in [0.15, 0.2) is 0 Å². The number of sulfone groups is 1. The van der Waals surface area contributed by atoms with Crippen LogP contribution in [0.5, 0.6) is 0 Å². The molecule has 2 amide bonds. The van der Waals surface area contributed by atoms with E-state index in [1.165, 1.54) is 6.26 Å². The van der Waals surface area contributed by atoms with Crippen LogP contribution in [0.3, 0.4) is 0 Å². The minimum Gasteiger partial charge on any atom is -0.322 e. The predicted molar refractivity (Wildman–Crippen MR) is 150 cm³/mol. The van der Waals surface area contributed by atoms with Crippen LogP contribution in [-0.4, -0.2) is 79.7 Å². The molecule has 37 heavy (non-hydrogen) atoms. The highest BCUT2D eigenvalue weighted by molar-refractivity contribution is 7.90. The standard InChI is InChI=1S/C27H34Cl2N4O3S/c1-20-30-26(2,21-6-10-23(28)11-7-21)27(3,22-8-12-24(29)13-9-22)33(20)25(34)32-17-15-31(16-18-32)14-5-19-37(4,35)36/h6-13H,5,14-19H2,1-4H3/t26-,27+/m0/s1. The van der Waals surface area contributed by atoms with Crippen molar-refractivity contribution in [2.75, 3.05) is 44.7 Å². The molecule has 2 aliphatic heterocycles. The van der Waals surface area contributed by atoms with Crippen LogP contribution in [0, 0.1) is 0 Å². The summed E-state index contributed by atoms with van der Waals surface area (Å²) >= 11 is 12.4. The molecular weight excluding hydrogens is 531 g/mol. The Morgan fingerprint density at radius 1 is 0.919 bits per heavy atom. The van der Waals surface area contributed by atoms with E-state index >= 15 is 0 Å². The second-order valence-corrected chi connectivity index (χ2v) is 13.4. The lowest BCUT2D eigenvalue weighted by molar-refractivity contribution is 0.0865. The maximum Gasteiger partial charge on any atom is 0.326 e. The number of hydrogen-bond donors (Lipinski definition) is 0. The van der Waals surface area contributed by atoms with Gasteiger partial charge in [-0.05, 0) is 69.1 Å². The Balaban J connectivity index is 1.61. The molecule has 0 aromatic heterocycles. The summed E-state index contributed by atoms with van der Waals surface area (Å²) in [5.74, 6) is 0.827. The van der Waals surface area contributed by atoms with Crippen molar-refractivity contribution in [2.24, 2.45) is 4.99 Å². The monoisotopic (exact) mass is 564 g/mol. The summed E-state index contributed by atoms with van der Waals surface area (Å²) in [5.41, 5.74) is 0.306. The Bertz CT molecular complexity index is 1280. The molecule has 2 heterocycles. The lowest BCUT2D eigenvalue weighted by Crippen LogP contribution is -2.60. The number of piperazine rings is 1. The molecule has 7 nitrogen and oxygen atoms in total. The van der Waals surface area contributed by atoms with Crippen LogP contribution in [-0.2, 0) is 20.9 Å². The van der Waals surface area contributed by atoms with Crippen LogP contribution in [0.1, 0.15) is 38.3 Å². The molecule has 0 radical (unpaired) electrons. The number of rotatable bonds is 6. The number of carbonyl (C=O) groups excluding carboxylic acids is 1. The van der Waals surface area contributed by atoms with Gasteiger partial charge in [0.25, 0.3) is 0 Å². The second kappa shape index (κ2) is 10.6. The summed E-state index contributed by atoms with van der Waals surface area (Å²) in [5, 5.41) is 1.27. The number of benzene rings is 2. The minimum atomic E-state index is -2.97. The lowest BCUT2D eigenvalue weighted by Gasteiger charge is -2.47. The SMILES string of the molecule is CC1=N[C@@](C)(c2ccc(Cl)cc2)[C@@](C)(c2ccc(Cl)cc2)N1C(=O)N1CCN(CCCS(C)(=O)=O)CC1. The van der Waals surface area contributed by atoms with E-state index in [1.54, 1.807) is 0 Å². The third-order valence-electron chi connectivity index (χ3n) is 7.74. The summed E-state index contributed by atoms with van der Waals surface area (Å²) in [6.45, 7) is 9.24. The third kappa shape index (κ3) is 5.53. The highest BCUT2D eigenvalue weighted by atomic mass is 35.5. The molecule has 2 aromatic rings. The zero-order valence-electron chi connectivity index (χ0n) is 21.7. The van der Waals surface area contributed by atoms with E-state index in [0.717, 1.165) is 11.1 Å². The normalized spacial score (nSPS) is 24.9. The van der Waals surface area contributed by atoms with Crippen LogP contribution >= 0.6 is 23.2 Å². The zero-order valence-corrected chi connectivity index (χ0v) is 24.1. The van der Waals surface area contributed by atoms with Crippen molar-refractivity contribution < 1.29 is 13.2 Å². The molecule has 0 aliphatic carbocycles. The lowest BCUT2D eigenvalue weighted by atomic mass is 9.71. The van der Waals surface area contributed by atoms with Gasteiger partial charge >= 0.3 is 6.03 Å². The molecule has 0 saturated carbocycles. The second-order valence-electron chi connectivity index (χ2n) is 10.2. The maximum absolute atomic E-state index is 14.1. The summed E-state index contributed by atoms with van der Waals surface area (Å²) in [7, 11) is -2.97. The molecule has 2 atom stereocenters. The smallest absolute Gasteiger partial charge is 0.322 e. The number of nitrogens with zero attached hydrogens (tertiary/aromatic N) is 4. The van der Waals surface area contributed by atoms with Crippen molar-refractivity contribution in [1.29, 1.82) is 0 Å². The molecular formula is C27H34Cl2N4O3S. The van der Waals surface area contributed by atoms with Crippen LogP contribution in [0.15, 0.2) is 53.5 Å². The van der Waals surface area contributed by atoms with E-state index in [-0.39, 0.29) is 11.8 Å². The van der Waals surface area contributed by atoms with Gasteiger partial charge in [0, 0.05) is 42.5 Å². The Hall–Kier alpha value is -2.13. The van der Waals surface area contributed by atoms with Gasteiger partial charge in [0.1, 0.15) is 26.8 Å². The van der Waals surface area contributed by atoms with Crippen molar-refractivity contribution >= 4 is 44.9 Å². The fourth-order valence-electron chi connectivity index (χ4n) is 5.51. The Morgan fingerprint density at radius 3 is 1.95 bits per heavy atom. The van der Waals surface area contributed by atoms with Crippen LogP contribution in [0.4, 0.5) is 4.79 Å². The first-order valence-electron chi connectivity index (χ1n) is 12.4. The van der Waals surface area contributed by atoms with Crippen molar-refractivity contribution in [3.8, 4) is 0 Å². The van der Waals surface area contributed by atoms with E-state index in [9.17, 15) is 13.2 Å². The van der Waals surface area contributed by atoms with Gasteiger partial charge in [-0.25, -0.2) is 13.2 Å². The molecule has 0 unspecified atom stereocenters. The fourth-order valence-corrected chi connectivity index (χ4v) is 6.42. The highest BCUT2D eigenvalue weighted by Crippen LogP contribution is 2.52. The molecule has 0 N–H and O–H groups in total. The number of halogens is 2. The maximum atomic E-state index is 14.1. The Morgan fingerprint density at radius 2 is 1.43 bits per heavy atom. The molecule has 2 aliphatic rings. The largest absolute Gasteiger partial charge is 0.326 e. The molecule has 4 rings (SSSR count). The topological polar surface area (TPSA) is 73.3 Å². The fraction of sp³-hybridized carbons (Fsp3) is 0.481. The average Bonchev–Trinajstić information content (AvgIpc) is 3.05. The first kappa shape index (κ1) is 27.9. The first-order chi connectivity index (χ1) is 17.3. The van der Waals surface area contributed by atoms with Gasteiger partial charge in [0.2, 0.25) is 0 Å². The van der Waals surface area contributed by atoms with E-state index in [0.29, 0.717) is 55.0 Å². The van der Waals surface area contributed by atoms with Crippen LogP contribution in [0.25, 0.3) is 0 Å². The third-order valence-corrected chi connectivity index (χ3v) is 9.27. The highest BCUT2D eigenvalue weighted by Gasteiger charge is 2.58. The van der Waals surface area contributed by atoms with Crippen molar-refractivity contribution in [2.45, 2.75) is 38.3 Å². The van der Waals surface area contributed by atoms with Crippen molar-refractivity contribution in [1.82, 2.24) is 14.7 Å². The molecule has 200 valence electrons. The number of amidine groups is 1. The van der Waals surface area contributed by atoms with Crippen LogP contribution in [0.2, 0.25) is 10.0 Å². The summed E-state index contributed by atoms with van der Waals surface area (Å²) in [6, 6.07) is 15.2. The molecule has 2 aromatic carbocycles. The van der Waals surface area contributed by atoms with Gasteiger partial charge in [-0.1, -0.05) is 47.5 Å². The number of urea groups is 1. The van der Waals surface area contributed by atoms with Crippen molar-refractivity contribution in [3.05, 3.63) is 69.7 Å². The van der Waals surface area contributed by atoms with Gasteiger partial charge in [-0.3, -0.25) is 14.8 Å². The number of amides is 2. The minimum absolute atomic E-state index is 0.0906. The Labute approximate surface area is 230 Å². The van der Waals surface area contributed by atoms with Gasteiger partial charge in [-0.15, -0.1) is 0 Å². The van der Waals surface area contributed by atoms with Crippen molar-refractivity contribution in [3.63, 3.8) is 0 Å². The number of hydrogen-bond acceptors (Lipinski definition) is 5. The van der Waals surface area contributed by atoms with E-state index in [4.69, 9.17) is 28.2 Å². The zero-order chi connectivity index (χ0) is 27.0. The number of carbonyl (C=O) groups is 1. The van der Waals surface area contributed by atoms with E-state index < -0.39 is 20.9 Å². The molecule has 0 spiro atoms. The Kier molecular flexibility index (Phi) is 7.96. The molecule has 10 heteroatoms. The quantitative estimate of drug-likeness (QED) is 0.493. The summed E-state index contributed by atoms with van der Waals surface area (Å²) in [6.07, 6.45) is 1.86. The van der Waals surface area contributed by atoms with E-state index in [1.807, 2.05) is 65.3 Å². The molecule has 0 bridgehead atoms. The average molecular weight is 566 g/mol. The molecule has 1 saturated heterocycles.